The molecule has 0 fully saturated rings. The van der Waals surface area contributed by atoms with Crippen molar-refractivity contribution in [3.8, 4) is 0 Å². The quantitative estimate of drug-likeness (QED) is 0.841. The summed E-state index contributed by atoms with van der Waals surface area (Å²) in [4.78, 5) is 4.08. The van der Waals surface area contributed by atoms with E-state index < -0.39 is 0 Å². The van der Waals surface area contributed by atoms with E-state index in [0.29, 0.717) is 0 Å². The molecule has 0 aromatic carbocycles. The van der Waals surface area contributed by atoms with E-state index >= 15 is 0 Å². The molecule has 3 heteroatoms. The first kappa shape index (κ1) is 13.8. The fourth-order valence-electron chi connectivity index (χ4n) is 2.20. The Kier molecular flexibility index (Phi) is 4.25. The fourth-order valence-corrected chi connectivity index (χ4v) is 3.09. The second kappa shape index (κ2) is 5.55. The highest BCUT2D eigenvalue weighted by Gasteiger charge is 2.17. The predicted octanol–water partition coefficient (Wildman–Crippen LogP) is 3.05. The Bertz CT molecular complexity index is 414. The largest absolute Gasteiger partial charge is 0.308 e. The van der Waals surface area contributed by atoms with Crippen molar-refractivity contribution in [3.05, 3.63) is 34.0 Å². The molecular weight excluding hydrogens is 240 g/mol. The van der Waals surface area contributed by atoms with Crippen LogP contribution in [0, 0.1) is 0 Å². The van der Waals surface area contributed by atoms with Crippen LogP contribution in [0.1, 0.15) is 31.2 Å². The van der Waals surface area contributed by atoms with Gasteiger partial charge in [0.15, 0.2) is 0 Å². The zero-order valence-electron chi connectivity index (χ0n) is 11.8. The van der Waals surface area contributed by atoms with Gasteiger partial charge in [-0.15, -0.1) is 11.3 Å². The Morgan fingerprint density at radius 1 is 1.50 bits per heavy atom. The fraction of sp³-hybridized carbons (Fsp3) is 0.600. The van der Waals surface area contributed by atoms with Crippen LogP contribution >= 0.6 is 11.3 Å². The summed E-state index contributed by atoms with van der Waals surface area (Å²) in [7, 11) is 0. The third-order valence-corrected chi connectivity index (χ3v) is 4.23. The molecule has 0 atom stereocenters. The van der Waals surface area contributed by atoms with Gasteiger partial charge in [-0.3, -0.25) is 4.90 Å². The zero-order chi connectivity index (χ0) is 13.2. The van der Waals surface area contributed by atoms with E-state index in [1.807, 2.05) is 11.3 Å². The number of fused-ring (bicyclic) bond motifs is 1. The van der Waals surface area contributed by atoms with Gasteiger partial charge in [0.1, 0.15) is 0 Å². The highest BCUT2D eigenvalue weighted by Crippen LogP contribution is 2.24. The van der Waals surface area contributed by atoms with Gasteiger partial charge in [0.2, 0.25) is 0 Å². The Balaban J connectivity index is 1.79. The van der Waals surface area contributed by atoms with Crippen molar-refractivity contribution in [2.75, 3.05) is 19.6 Å². The second-order valence-corrected chi connectivity index (χ2v) is 7.18. The average molecular weight is 264 g/mol. The van der Waals surface area contributed by atoms with Crippen molar-refractivity contribution in [2.24, 2.45) is 0 Å². The lowest BCUT2D eigenvalue weighted by atomic mass is 10.1. The second-order valence-electron chi connectivity index (χ2n) is 6.18. The van der Waals surface area contributed by atoms with E-state index in [1.165, 1.54) is 24.1 Å². The monoisotopic (exact) mass is 264 g/mol. The minimum atomic E-state index is 0.172. The summed E-state index contributed by atoms with van der Waals surface area (Å²) < 4.78 is 0. The molecule has 1 N–H and O–H groups in total. The van der Waals surface area contributed by atoms with Gasteiger partial charge in [0.05, 0.1) is 0 Å². The zero-order valence-corrected chi connectivity index (χ0v) is 12.6. The first-order valence-corrected chi connectivity index (χ1v) is 7.51. The molecule has 2 nitrogen and oxygen atoms in total. The van der Waals surface area contributed by atoms with Crippen LogP contribution in [0.15, 0.2) is 23.6 Å². The number of hydrogen-bond acceptors (Lipinski definition) is 3. The number of nitrogens with zero attached hydrogens (tertiary/aromatic N) is 1. The molecular formula is C15H24N2S. The molecule has 0 spiro atoms. The number of rotatable bonds is 4. The molecule has 0 radical (unpaired) electrons. The van der Waals surface area contributed by atoms with Crippen molar-refractivity contribution < 1.29 is 0 Å². The van der Waals surface area contributed by atoms with Gasteiger partial charge in [-0.25, -0.2) is 0 Å². The molecule has 0 amide bonds. The molecule has 2 heterocycles. The molecule has 0 aliphatic carbocycles. The first-order chi connectivity index (χ1) is 8.44. The lowest BCUT2D eigenvalue weighted by Gasteiger charge is -2.28. The molecule has 0 saturated carbocycles. The van der Waals surface area contributed by atoms with Gasteiger partial charge in [-0.1, -0.05) is 6.58 Å². The standard InChI is InChI=1S/C15H24N2S/c1-12(9-16-15(2,3)4)10-17-7-5-14-13(11-17)6-8-18-14/h6,8,16H,1,5,7,9-11H2,2-4H3. The lowest BCUT2D eigenvalue weighted by molar-refractivity contribution is 0.274. The van der Waals surface area contributed by atoms with E-state index in [9.17, 15) is 0 Å². The maximum Gasteiger partial charge on any atom is 0.0248 e. The summed E-state index contributed by atoms with van der Waals surface area (Å²) in [5, 5.41) is 5.71. The van der Waals surface area contributed by atoms with Crippen molar-refractivity contribution >= 4 is 11.3 Å². The number of nitrogens with one attached hydrogen (secondary N) is 1. The average Bonchev–Trinajstić information content (AvgIpc) is 2.72. The van der Waals surface area contributed by atoms with Crippen LogP contribution in [0.5, 0.6) is 0 Å². The minimum absolute atomic E-state index is 0.172. The van der Waals surface area contributed by atoms with Crippen LogP contribution in [-0.4, -0.2) is 30.1 Å². The SMILES string of the molecule is C=C(CNC(C)(C)C)CN1CCc2sccc2C1. The topological polar surface area (TPSA) is 15.3 Å². The molecule has 1 aliphatic rings. The van der Waals surface area contributed by atoms with Crippen LogP contribution in [0.3, 0.4) is 0 Å². The van der Waals surface area contributed by atoms with Crippen molar-refractivity contribution in [1.29, 1.82) is 0 Å². The molecule has 1 aromatic heterocycles. The normalized spacial score (nSPS) is 16.6. The van der Waals surface area contributed by atoms with Crippen LogP contribution < -0.4 is 5.32 Å². The summed E-state index contributed by atoms with van der Waals surface area (Å²) in [5.41, 5.74) is 2.97. The smallest absolute Gasteiger partial charge is 0.0248 e. The highest BCUT2D eigenvalue weighted by atomic mass is 32.1. The molecule has 0 unspecified atom stereocenters. The summed E-state index contributed by atoms with van der Waals surface area (Å²) in [5.74, 6) is 0. The summed E-state index contributed by atoms with van der Waals surface area (Å²) >= 11 is 1.90. The minimum Gasteiger partial charge on any atom is -0.308 e. The summed E-state index contributed by atoms with van der Waals surface area (Å²) in [6.45, 7) is 15.0. The maximum absolute atomic E-state index is 4.19. The van der Waals surface area contributed by atoms with E-state index in [2.05, 4.69) is 49.0 Å². The Hall–Kier alpha value is -0.640. The van der Waals surface area contributed by atoms with E-state index in [1.54, 1.807) is 4.88 Å². The van der Waals surface area contributed by atoms with Crippen LogP contribution in [0.4, 0.5) is 0 Å². The molecule has 2 rings (SSSR count). The van der Waals surface area contributed by atoms with Crippen molar-refractivity contribution in [2.45, 2.75) is 39.3 Å². The number of thiophene rings is 1. The van der Waals surface area contributed by atoms with Gasteiger partial charge in [-0.2, -0.15) is 0 Å². The van der Waals surface area contributed by atoms with Crippen LogP contribution in [-0.2, 0) is 13.0 Å². The molecule has 1 aliphatic heterocycles. The maximum atomic E-state index is 4.19. The van der Waals surface area contributed by atoms with Crippen molar-refractivity contribution in [1.82, 2.24) is 10.2 Å². The van der Waals surface area contributed by atoms with E-state index in [4.69, 9.17) is 0 Å². The van der Waals surface area contributed by atoms with Crippen molar-refractivity contribution in [3.63, 3.8) is 0 Å². The van der Waals surface area contributed by atoms with Crippen LogP contribution in [0.25, 0.3) is 0 Å². The number of hydrogen-bond donors (Lipinski definition) is 1. The van der Waals surface area contributed by atoms with Gasteiger partial charge in [0, 0.05) is 36.6 Å². The molecule has 0 saturated heterocycles. The summed E-state index contributed by atoms with van der Waals surface area (Å²) in [6, 6.07) is 2.27. The Morgan fingerprint density at radius 2 is 2.28 bits per heavy atom. The highest BCUT2D eigenvalue weighted by molar-refractivity contribution is 7.10. The van der Waals surface area contributed by atoms with Gasteiger partial charge in [0.25, 0.3) is 0 Å². The molecule has 100 valence electrons. The van der Waals surface area contributed by atoms with E-state index in [0.717, 1.165) is 19.6 Å². The van der Waals surface area contributed by atoms with Gasteiger partial charge >= 0.3 is 0 Å². The molecule has 0 bridgehead atoms. The Labute approximate surface area is 115 Å². The van der Waals surface area contributed by atoms with Gasteiger partial charge < -0.3 is 5.32 Å². The van der Waals surface area contributed by atoms with Gasteiger partial charge in [-0.05, 0) is 49.8 Å². The third kappa shape index (κ3) is 3.94. The lowest BCUT2D eigenvalue weighted by Crippen LogP contribution is -2.39. The van der Waals surface area contributed by atoms with Crippen LogP contribution in [0.2, 0.25) is 0 Å². The first-order valence-electron chi connectivity index (χ1n) is 6.63. The molecule has 1 aromatic rings. The molecule has 18 heavy (non-hydrogen) atoms. The van der Waals surface area contributed by atoms with E-state index in [-0.39, 0.29) is 5.54 Å². The predicted molar refractivity (Wildman–Crippen MR) is 80.2 cm³/mol. The Morgan fingerprint density at radius 3 is 3.00 bits per heavy atom. The summed E-state index contributed by atoms with van der Waals surface area (Å²) in [6.07, 6.45) is 1.20. The third-order valence-electron chi connectivity index (χ3n) is 3.20.